The van der Waals surface area contributed by atoms with Crippen LogP contribution >= 0.6 is 88.2 Å². The van der Waals surface area contributed by atoms with Crippen LogP contribution in [0.2, 0.25) is 0 Å². The molecule has 17 nitrogen and oxygen atoms in total. The summed E-state index contributed by atoms with van der Waals surface area (Å²) in [5.41, 5.74) is 1.85. The van der Waals surface area contributed by atoms with Gasteiger partial charge in [0.05, 0.1) is 0 Å². The quantitative estimate of drug-likeness (QED) is 0.144. The Morgan fingerprint density at radius 1 is 0.514 bits per heavy atom. The van der Waals surface area contributed by atoms with Crippen LogP contribution in [0.25, 0.3) is 10.8 Å². The van der Waals surface area contributed by atoms with Gasteiger partial charge in [-0.15, -0.1) is 0 Å². The summed E-state index contributed by atoms with van der Waals surface area (Å²) >= 11 is 20.8. The Kier molecular flexibility index (Phi) is 55.7. The average molecular weight is 1400 g/mol. The van der Waals surface area contributed by atoms with E-state index in [1.807, 2.05) is 27.7 Å². The van der Waals surface area contributed by atoms with Gasteiger partial charge in [0.15, 0.2) is 0 Å². The number of carbonyl (C=O) groups excluding carboxylic acids is 2. The van der Waals surface area contributed by atoms with Crippen molar-refractivity contribution in [2.24, 2.45) is 30.8 Å². The van der Waals surface area contributed by atoms with E-state index in [4.69, 9.17) is 30.6 Å². The van der Waals surface area contributed by atoms with Crippen LogP contribution in [-0.2, 0) is 59.9 Å². The van der Waals surface area contributed by atoms with E-state index >= 15 is 0 Å². The summed E-state index contributed by atoms with van der Waals surface area (Å²) in [5.74, 6) is -2.39. The number of hydrogen-bond acceptors (Lipinski definition) is 14. The molecule has 0 saturated heterocycles. The molecule has 0 aliphatic heterocycles. The number of nitrogens with zero attached hydrogens (tertiary/aromatic N) is 6. The summed E-state index contributed by atoms with van der Waals surface area (Å²) in [6.07, 6.45) is 6.40. The Labute approximate surface area is 483 Å². The third-order valence-electron chi connectivity index (χ3n) is 6.89. The topological polar surface area (TPSA) is 361 Å². The molecule has 0 fully saturated rings. The SMILES string of the molecule is CC(=O)[O-].CC(=O)[O-].CC(C)(CN=Cc1cc(Br)ccc1[O-])CN=Cc1cc(Br)ccc1[O-].CC(C)(CN=Cc1cc(Br)ccc1[O-])CN=Cc1cc(Br)ccc1[O-].O.O.O.[Co+2].[Co+3].[Co+3].[N-]=C=S.[N-]=C=S. The number of carboxylic acid groups (broad SMARTS) is 2. The molecule has 0 bridgehead atoms. The van der Waals surface area contributed by atoms with Gasteiger partial charge in [-0.3, -0.25) is 20.0 Å². The summed E-state index contributed by atoms with van der Waals surface area (Å²) in [4.78, 5) is 35.3. The second kappa shape index (κ2) is 46.7. The van der Waals surface area contributed by atoms with Gasteiger partial charge >= 0.3 is 50.3 Å². The maximum atomic E-state index is 11.7. The number of benzene rings is 4. The van der Waals surface area contributed by atoms with Gasteiger partial charge in [0, 0.05) is 91.7 Å². The molecule has 0 aliphatic carbocycles. The summed E-state index contributed by atoms with van der Waals surface area (Å²) in [5, 5.41) is 81.7. The number of hydrogen-bond donors (Lipinski definition) is 0. The second-order valence-corrected chi connectivity index (χ2v) is 18.1. The maximum Gasteiger partial charge on any atom is 3.00 e. The minimum Gasteiger partial charge on any atom is -0.872 e. The van der Waals surface area contributed by atoms with Gasteiger partial charge in [-0.05, 0) is 84.6 Å². The maximum absolute atomic E-state index is 11.7. The first-order valence-electron chi connectivity index (χ1n) is 18.1. The van der Waals surface area contributed by atoms with Crippen LogP contribution in [0.3, 0.4) is 0 Å². The van der Waals surface area contributed by atoms with E-state index in [1.165, 1.54) is 34.6 Å². The van der Waals surface area contributed by atoms with Crippen LogP contribution < -0.4 is 30.6 Å². The standard InChI is InChI=1S/2C19H20Br2N2O2.2C2H4O2.2CNS.3Co.3H2O/c2*1-19(2,11-22-9-13-7-15(20)3-5-17(13)24)12-23-10-14-8-16(21)4-6-18(14)25;2*1-2(3)4;2*2-1-3;;;;;;/h2*3-10,24-25H,11-12H2,1-2H3;2*1H3,(H,3,4);;;;;;3*1H2/q;;;;2*-1;+2;2*+3;;;/p-6. The predicted octanol–water partition coefficient (Wildman–Crippen LogP) is 4.19. The molecule has 4 aromatic carbocycles. The Morgan fingerprint density at radius 2 is 0.657 bits per heavy atom. The van der Waals surface area contributed by atoms with Crippen molar-refractivity contribution in [3.05, 3.63) is 124 Å². The third kappa shape index (κ3) is 44.6. The van der Waals surface area contributed by atoms with Crippen molar-refractivity contribution < 1.29 is 107 Å². The molecule has 6 N–H and O–H groups in total. The Hall–Kier alpha value is -3.38. The van der Waals surface area contributed by atoms with E-state index in [1.54, 1.807) is 73.4 Å². The zero-order valence-corrected chi connectivity index (χ0v) is 48.9. The van der Waals surface area contributed by atoms with Crippen LogP contribution in [0, 0.1) is 10.8 Å². The van der Waals surface area contributed by atoms with Gasteiger partial charge in [0.1, 0.15) is 0 Å². The van der Waals surface area contributed by atoms with Crippen LogP contribution in [0.5, 0.6) is 23.0 Å². The molecule has 26 heteroatoms. The molecular formula is C44H48Br4Co3N6O11S2. The average Bonchev–Trinajstić information content (AvgIpc) is 3.17. The van der Waals surface area contributed by atoms with Gasteiger partial charge in [-0.25, -0.2) is 0 Å². The first kappa shape index (κ1) is 83.5. The fourth-order valence-corrected chi connectivity index (χ4v) is 5.66. The van der Waals surface area contributed by atoms with Gasteiger partial charge in [0.2, 0.25) is 0 Å². The summed E-state index contributed by atoms with van der Waals surface area (Å²) in [7, 11) is 0. The van der Waals surface area contributed by atoms with Crippen molar-refractivity contribution in [1.29, 1.82) is 0 Å². The van der Waals surface area contributed by atoms with Crippen molar-refractivity contribution >= 4 is 135 Å². The molecule has 1 radical (unpaired) electrons. The number of aliphatic carboxylic acids is 2. The molecule has 0 atom stereocenters. The molecule has 0 aromatic heterocycles. The van der Waals surface area contributed by atoms with Crippen LogP contribution in [0.1, 0.15) is 63.8 Å². The Balaban J connectivity index is -0.000000135. The predicted molar refractivity (Wildman–Crippen MR) is 276 cm³/mol. The third-order valence-corrected chi connectivity index (χ3v) is 8.86. The van der Waals surface area contributed by atoms with Gasteiger partial charge in [-0.1, -0.05) is 163 Å². The monoisotopic (exact) mass is 1390 g/mol. The molecule has 70 heavy (non-hydrogen) atoms. The van der Waals surface area contributed by atoms with Crippen LogP contribution in [0.15, 0.2) is 111 Å². The minimum absolute atomic E-state index is 0. The van der Waals surface area contributed by atoms with Gasteiger partial charge in [0.25, 0.3) is 0 Å². The number of aliphatic imine (C=N–C) groups is 4. The zero-order chi connectivity index (χ0) is 49.5. The molecule has 0 spiro atoms. The van der Waals surface area contributed by atoms with E-state index in [9.17, 15) is 20.4 Å². The number of isothiocyanates is 2. The first-order chi connectivity index (χ1) is 29.8. The second-order valence-electron chi connectivity index (χ2n) is 14.1. The summed E-state index contributed by atoms with van der Waals surface area (Å²) in [6.45, 7) is 12.2. The number of rotatable bonds is 12. The summed E-state index contributed by atoms with van der Waals surface area (Å²) in [6, 6.07) is 19.9. The molecular weight excluding hydrogens is 1350 g/mol. The van der Waals surface area contributed by atoms with Crippen LogP contribution in [-0.4, -0.2) is 89.7 Å². The Morgan fingerprint density at radius 3 is 0.800 bits per heavy atom. The molecule has 4 aromatic rings. The molecule has 4 rings (SSSR count). The molecule has 387 valence electrons. The molecule has 0 aliphatic rings. The van der Waals surface area contributed by atoms with Gasteiger partial charge < -0.3 is 67.5 Å². The summed E-state index contributed by atoms with van der Waals surface area (Å²) < 4.78 is 3.39. The van der Waals surface area contributed by atoms with E-state index in [2.05, 4.69) is 108 Å². The largest absolute Gasteiger partial charge is 3.00 e. The van der Waals surface area contributed by atoms with E-state index in [0.717, 1.165) is 31.7 Å². The van der Waals surface area contributed by atoms with Gasteiger partial charge in [-0.2, -0.15) is 10.3 Å². The molecule has 0 amide bonds. The van der Waals surface area contributed by atoms with E-state index in [-0.39, 0.29) is 101 Å². The molecule has 0 heterocycles. The first-order valence-corrected chi connectivity index (χ1v) is 22.1. The van der Waals surface area contributed by atoms with E-state index < -0.39 is 11.9 Å². The van der Waals surface area contributed by atoms with Crippen molar-refractivity contribution in [3.63, 3.8) is 0 Å². The normalized spacial score (nSPS) is 9.74. The fourth-order valence-electron chi connectivity index (χ4n) is 4.15. The van der Waals surface area contributed by atoms with E-state index in [0.29, 0.717) is 48.4 Å². The minimum atomic E-state index is -1.08. The smallest absolute Gasteiger partial charge is 0.872 e. The number of carboxylic acids is 2. The van der Waals surface area contributed by atoms with Crippen molar-refractivity contribution in [2.45, 2.75) is 41.5 Å². The fraction of sp³-hybridized carbons (Fsp3) is 0.273. The molecule has 0 saturated carbocycles. The van der Waals surface area contributed by atoms with Crippen molar-refractivity contribution in [3.8, 4) is 23.0 Å². The molecule has 0 unspecified atom stereocenters. The van der Waals surface area contributed by atoms with Crippen molar-refractivity contribution in [1.82, 2.24) is 0 Å². The number of halogens is 4. The number of thiocarbonyl (C=S) groups is 2. The van der Waals surface area contributed by atoms with Crippen LogP contribution in [0.4, 0.5) is 0 Å². The van der Waals surface area contributed by atoms with Crippen molar-refractivity contribution in [2.75, 3.05) is 26.2 Å². The number of carbonyl (C=O) groups is 2. The Bertz CT molecular complexity index is 2020. The zero-order valence-electron chi connectivity index (χ0n) is 37.8.